The molecule has 5 nitrogen and oxygen atoms in total. The van der Waals surface area contributed by atoms with E-state index in [1.807, 2.05) is 33.8 Å². The molecule has 144 valence electrons. The highest BCUT2D eigenvalue weighted by Crippen LogP contribution is 2.40. The van der Waals surface area contributed by atoms with Crippen molar-refractivity contribution in [1.29, 1.82) is 0 Å². The predicted molar refractivity (Wildman–Crippen MR) is 105 cm³/mol. The number of carboxylic acid groups (broad SMARTS) is 1. The SMILES string of the molecule is CCOC(=O)Oc1cc(C(C)(C)C)cc(C)c1-c1cc(Cl)ccc1C(=O)O. The molecule has 1 N–H and O–H groups in total. The highest BCUT2D eigenvalue weighted by atomic mass is 35.5. The fraction of sp³-hybridized carbons (Fsp3) is 0.333. The summed E-state index contributed by atoms with van der Waals surface area (Å²) in [6, 6.07) is 8.21. The Bertz CT molecular complexity index is 881. The van der Waals surface area contributed by atoms with Gasteiger partial charge >= 0.3 is 12.1 Å². The summed E-state index contributed by atoms with van der Waals surface area (Å²) in [5.74, 6) is -0.855. The van der Waals surface area contributed by atoms with Crippen LogP contribution in [0.4, 0.5) is 4.79 Å². The standard InChI is InChI=1S/C21H23ClO5/c1-6-26-20(25)27-17-10-13(21(3,4)5)9-12(2)18(17)16-11-14(22)7-8-15(16)19(23)24/h7-11H,6H2,1-5H3,(H,23,24). The summed E-state index contributed by atoms with van der Waals surface area (Å²) in [5, 5.41) is 9.96. The number of carbonyl (C=O) groups is 2. The van der Waals surface area contributed by atoms with Crippen LogP contribution in [-0.4, -0.2) is 23.8 Å². The lowest BCUT2D eigenvalue weighted by molar-refractivity contribution is 0.0697. The summed E-state index contributed by atoms with van der Waals surface area (Å²) >= 11 is 6.11. The van der Waals surface area contributed by atoms with E-state index < -0.39 is 12.1 Å². The monoisotopic (exact) mass is 390 g/mol. The second-order valence-electron chi connectivity index (χ2n) is 7.20. The average Bonchev–Trinajstić information content (AvgIpc) is 2.53. The minimum Gasteiger partial charge on any atom is -0.478 e. The number of ether oxygens (including phenoxy) is 2. The third kappa shape index (κ3) is 4.80. The first-order valence-corrected chi connectivity index (χ1v) is 8.95. The van der Waals surface area contributed by atoms with E-state index in [2.05, 4.69) is 0 Å². The van der Waals surface area contributed by atoms with Crippen molar-refractivity contribution in [3.63, 3.8) is 0 Å². The first kappa shape index (κ1) is 20.8. The van der Waals surface area contributed by atoms with Crippen molar-refractivity contribution in [3.05, 3.63) is 52.0 Å². The number of carbonyl (C=O) groups excluding carboxylic acids is 1. The van der Waals surface area contributed by atoms with Gasteiger partial charge in [-0.15, -0.1) is 0 Å². The maximum Gasteiger partial charge on any atom is 0.513 e. The molecule has 0 aliphatic rings. The van der Waals surface area contributed by atoms with Gasteiger partial charge in [0.15, 0.2) is 0 Å². The van der Waals surface area contributed by atoms with Crippen molar-refractivity contribution in [1.82, 2.24) is 0 Å². The molecule has 0 radical (unpaired) electrons. The molecule has 0 heterocycles. The van der Waals surface area contributed by atoms with E-state index in [1.165, 1.54) is 12.1 Å². The van der Waals surface area contributed by atoms with Gasteiger partial charge in [0, 0.05) is 16.1 Å². The van der Waals surface area contributed by atoms with Crippen LogP contribution in [0, 0.1) is 6.92 Å². The van der Waals surface area contributed by atoms with Gasteiger partial charge in [-0.25, -0.2) is 9.59 Å². The van der Waals surface area contributed by atoms with Crippen molar-refractivity contribution < 1.29 is 24.2 Å². The molecule has 27 heavy (non-hydrogen) atoms. The first-order valence-electron chi connectivity index (χ1n) is 8.57. The lowest BCUT2D eigenvalue weighted by Crippen LogP contribution is -2.15. The summed E-state index contributed by atoms with van der Waals surface area (Å²) in [5.41, 5.74) is 2.47. The molecule has 0 spiro atoms. The van der Waals surface area contributed by atoms with E-state index in [4.69, 9.17) is 21.1 Å². The summed E-state index contributed by atoms with van der Waals surface area (Å²) in [6.45, 7) is 9.81. The Hall–Kier alpha value is -2.53. The van der Waals surface area contributed by atoms with Crippen LogP contribution in [0.15, 0.2) is 30.3 Å². The zero-order chi connectivity index (χ0) is 20.4. The minimum atomic E-state index is -1.09. The van der Waals surface area contributed by atoms with Gasteiger partial charge in [0.2, 0.25) is 0 Å². The lowest BCUT2D eigenvalue weighted by Gasteiger charge is -2.23. The molecule has 0 aliphatic heterocycles. The van der Waals surface area contributed by atoms with Crippen LogP contribution in [0.5, 0.6) is 5.75 Å². The summed E-state index contributed by atoms with van der Waals surface area (Å²) in [7, 11) is 0. The largest absolute Gasteiger partial charge is 0.513 e. The molecule has 2 aromatic rings. The van der Waals surface area contributed by atoms with E-state index >= 15 is 0 Å². The number of hydrogen-bond donors (Lipinski definition) is 1. The van der Waals surface area contributed by atoms with E-state index in [1.54, 1.807) is 19.1 Å². The summed E-state index contributed by atoms with van der Waals surface area (Å²) in [4.78, 5) is 23.7. The fourth-order valence-electron chi connectivity index (χ4n) is 2.76. The molecule has 0 aliphatic carbocycles. The minimum absolute atomic E-state index is 0.0692. The Labute approximate surface area is 163 Å². The molecule has 0 amide bonds. The topological polar surface area (TPSA) is 72.8 Å². The van der Waals surface area contributed by atoms with Gasteiger partial charge in [0.05, 0.1) is 12.2 Å². The average molecular weight is 391 g/mol. The van der Waals surface area contributed by atoms with Crippen LogP contribution >= 0.6 is 11.6 Å². The summed E-state index contributed by atoms with van der Waals surface area (Å²) < 4.78 is 10.3. The van der Waals surface area contributed by atoms with Crippen molar-refractivity contribution >= 4 is 23.7 Å². The van der Waals surface area contributed by atoms with Gasteiger partial charge in [-0.3, -0.25) is 0 Å². The van der Waals surface area contributed by atoms with Gasteiger partial charge in [-0.1, -0.05) is 38.4 Å². The van der Waals surface area contributed by atoms with Crippen molar-refractivity contribution in [2.24, 2.45) is 0 Å². The Morgan fingerprint density at radius 1 is 1.15 bits per heavy atom. The molecule has 0 saturated carbocycles. The van der Waals surface area contributed by atoms with Crippen LogP contribution in [-0.2, 0) is 10.2 Å². The number of benzene rings is 2. The maximum atomic E-state index is 12.0. The quantitative estimate of drug-likeness (QED) is 0.523. The number of halogens is 1. The zero-order valence-corrected chi connectivity index (χ0v) is 16.8. The van der Waals surface area contributed by atoms with Crippen LogP contribution in [0.2, 0.25) is 5.02 Å². The number of aromatic carboxylic acids is 1. The van der Waals surface area contributed by atoms with Crippen LogP contribution in [0.1, 0.15) is 49.2 Å². The van der Waals surface area contributed by atoms with Crippen molar-refractivity contribution in [3.8, 4) is 16.9 Å². The molecule has 0 aromatic heterocycles. The summed E-state index contributed by atoms with van der Waals surface area (Å²) in [6.07, 6.45) is -0.844. The second kappa shape index (κ2) is 8.01. The van der Waals surface area contributed by atoms with Gasteiger partial charge in [-0.2, -0.15) is 0 Å². The molecule has 0 atom stereocenters. The van der Waals surface area contributed by atoms with Gasteiger partial charge < -0.3 is 14.6 Å². The van der Waals surface area contributed by atoms with Gasteiger partial charge in [-0.05, 0) is 54.7 Å². The number of rotatable bonds is 4. The Kier molecular flexibility index (Phi) is 6.16. The number of carboxylic acids is 1. The first-order chi connectivity index (χ1) is 12.5. The molecule has 0 saturated heterocycles. The number of aryl methyl sites for hydroxylation is 1. The molecule has 2 aromatic carbocycles. The molecule has 2 rings (SSSR count). The van der Waals surface area contributed by atoms with Crippen molar-refractivity contribution in [2.45, 2.75) is 40.0 Å². The second-order valence-corrected chi connectivity index (χ2v) is 7.63. The highest BCUT2D eigenvalue weighted by Gasteiger charge is 2.24. The Balaban J connectivity index is 2.77. The fourth-order valence-corrected chi connectivity index (χ4v) is 2.93. The van der Waals surface area contributed by atoms with E-state index in [9.17, 15) is 14.7 Å². The van der Waals surface area contributed by atoms with Gasteiger partial charge in [0.25, 0.3) is 0 Å². The predicted octanol–water partition coefficient (Wildman–Crippen LogP) is 5.85. The molecule has 0 bridgehead atoms. The van der Waals surface area contributed by atoms with E-state index in [0.29, 0.717) is 16.1 Å². The Morgan fingerprint density at radius 2 is 1.81 bits per heavy atom. The maximum absolute atomic E-state index is 12.0. The van der Waals surface area contributed by atoms with Crippen molar-refractivity contribution in [2.75, 3.05) is 6.61 Å². The smallest absolute Gasteiger partial charge is 0.478 e. The molecule has 6 heteroatoms. The molecule has 0 unspecified atom stereocenters. The Morgan fingerprint density at radius 3 is 2.37 bits per heavy atom. The number of hydrogen-bond acceptors (Lipinski definition) is 4. The molecular weight excluding hydrogens is 368 g/mol. The van der Waals surface area contributed by atoms with Crippen LogP contribution < -0.4 is 4.74 Å². The molecular formula is C21H23ClO5. The molecule has 0 fully saturated rings. The van der Waals surface area contributed by atoms with Crippen LogP contribution in [0.25, 0.3) is 11.1 Å². The van der Waals surface area contributed by atoms with E-state index in [0.717, 1.165) is 11.1 Å². The third-order valence-corrected chi connectivity index (χ3v) is 4.34. The lowest BCUT2D eigenvalue weighted by atomic mass is 9.83. The third-order valence-electron chi connectivity index (χ3n) is 4.10. The zero-order valence-electron chi connectivity index (χ0n) is 16.1. The normalized spacial score (nSPS) is 11.2. The highest BCUT2D eigenvalue weighted by molar-refractivity contribution is 6.31. The van der Waals surface area contributed by atoms with Gasteiger partial charge in [0.1, 0.15) is 5.75 Å². The van der Waals surface area contributed by atoms with E-state index in [-0.39, 0.29) is 23.3 Å². The van der Waals surface area contributed by atoms with Crippen LogP contribution in [0.3, 0.4) is 0 Å².